The second kappa shape index (κ2) is 4.13. The van der Waals surface area contributed by atoms with Gasteiger partial charge in [0.15, 0.2) is 0 Å². The molecule has 4 heteroatoms. The van der Waals surface area contributed by atoms with Gasteiger partial charge in [-0.2, -0.15) is 0 Å². The molecule has 0 bridgehead atoms. The number of hydrogen-bond donors (Lipinski definition) is 2. The van der Waals surface area contributed by atoms with E-state index in [1.807, 2.05) is 12.1 Å². The van der Waals surface area contributed by atoms with Crippen molar-refractivity contribution in [3.63, 3.8) is 0 Å². The summed E-state index contributed by atoms with van der Waals surface area (Å²) in [4.78, 5) is 2.09. The van der Waals surface area contributed by atoms with Crippen LogP contribution < -0.4 is 0 Å². The van der Waals surface area contributed by atoms with Crippen molar-refractivity contribution in [3.8, 4) is 0 Å². The summed E-state index contributed by atoms with van der Waals surface area (Å²) in [6.45, 7) is 2.11. The molecule has 1 aliphatic heterocycles. The second-order valence-corrected chi connectivity index (χ2v) is 3.78. The van der Waals surface area contributed by atoms with Crippen molar-refractivity contribution in [2.45, 2.75) is 12.6 Å². The Morgan fingerprint density at radius 3 is 2.93 bits per heavy atom. The number of aliphatic hydroxyl groups is 2. The third kappa shape index (κ3) is 1.97. The van der Waals surface area contributed by atoms with Crippen LogP contribution in [0.15, 0.2) is 22.8 Å². The van der Waals surface area contributed by atoms with Crippen LogP contribution in [0.25, 0.3) is 0 Å². The lowest BCUT2D eigenvalue weighted by Gasteiger charge is -2.12. The number of hydrogen-bond acceptors (Lipinski definition) is 4. The topological polar surface area (TPSA) is 56.8 Å². The summed E-state index contributed by atoms with van der Waals surface area (Å²) in [5.74, 6) is 0.890. The molecule has 0 spiro atoms. The fourth-order valence-corrected chi connectivity index (χ4v) is 1.87. The maximum Gasteiger partial charge on any atom is 0.117 e. The van der Waals surface area contributed by atoms with E-state index in [-0.39, 0.29) is 12.5 Å². The van der Waals surface area contributed by atoms with E-state index in [9.17, 15) is 5.11 Å². The molecule has 0 aliphatic carbocycles. The molecule has 2 heterocycles. The fourth-order valence-electron chi connectivity index (χ4n) is 1.87. The van der Waals surface area contributed by atoms with Gasteiger partial charge < -0.3 is 14.6 Å². The van der Waals surface area contributed by atoms with Gasteiger partial charge >= 0.3 is 0 Å². The average molecular weight is 197 g/mol. The van der Waals surface area contributed by atoms with E-state index in [0.717, 1.165) is 12.3 Å². The molecule has 1 aliphatic rings. The molecule has 14 heavy (non-hydrogen) atoms. The van der Waals surface area contributed by atoms with E-state index >= 15 is 0 Å². The highest BCUT2D eigenvalue weighted by Crippen LogP contribution is 2.18. The van der Waals surface area contributed by atoms with Crippen LogP contribution in [0, 0.1) is 5.92 Å². The number of furan rings is 1. The zero-order chi connectivity index (χ0) is 9.97. The minimum absolute atomic E-state index is 0.00929. The molecule has 1 aromatic heterocycles. The van der Waals surface area contributed by atoms with Gasteiger partial charge in [-0.25, -0.2) is 0 Å². The maximum absolute atomic E-state index is 9.56. The smallest absolute Gasteiger partial charge is 0.117 e. The normalized spacial score (nSPS) is 28.4. The summed E-state index contributed by atoms with van der Waals surface area (Å²) in [5.41, 5.74) is 0. The Balaban J connectivity index is 1.89. The fraction of sp³-hybridized carbons (Fsp3) is 0.600. The van der Waals surface area contributed by atoms with Crippen LogP contribution >= 0.6 is 0 Å². The molecular weight excluding hydrogens is 182 g/mol. The van der Waals surface area contributed by atoms with Crippen LogP contribution in [-0.4, -0.2) is 40.9 Å². The number of β-amino-alcohol motifs (C(OH)–C–C–N with tert-alkyl or cyclic N) is 1. The SMILES string of the molecule is OCC1CN(Cc2ccco2)CC1O. The minimum Gasteiger partial charge on any atom is -0.468 e. The Labute approximate surface area is 82.8 Å². The molecule has 78 valence electrons. The average Bonchev–Trinajstić information content (AvgIpc) is 2.76. The maximum atomic E-state index is 9.56. The lowest BCUT2D eigenvalue weighted by atomic mass is 10.1. The van der Waals surface area contributed by atoms with Crippen molar-refractivity contribution in [2.24, 2.45) is 5.92 Å². The van der Waals surface area contributed by atoms with Crippen molar-refractivity contribution in [3.05, 3.63) is 24.2 Å². The van der Waals surface area contributed by atoms with Crippen molar-refractivity contribution in [1.29, 1.82) is 0 Å². The zero-order valence-corrected chi connectivity index (χ0v) is 7.97. The Kier molecular flexibility index (Phi) is 2.86. The molecule has 0 radical (unpaired) electrons. The lowest BCUT2D eigenvalue weighted by Crippen LogP contribution is -2.21. The summed E-state index contributed by atoms with van der Waals surface area (Å²) < 4.78 is 5.21. The van der Waals surface area contributed by atoms with E-state index in [1.54, 1.807) is 6.26 Å². The van der Waals surface area contributed by atoms with Crippen LogP contribution in [0.4, 0.5) is 0 Å². The summed E-state index contributed by atoms with van der Waals surface area (Å²) in [6, 6.07) is 3.77. The summed E-state index contributed by atoms with van der Waals surface area (Å²) in [5, 5.41) is 18.5. The van der Waals surface area contributed by atoms with Crippen LogP contribution in [0.1, 0.15) is 5.76 Å². The molecule has 1 saturated heterocycles. The molecule has 2 atom stereocenters. The number of nitrogens with zero attached hydrogens (tertiary/aromatic N) is 1. The predicted octanol–water partition coefficient (Wildman–Crippen LogP) is 0.0646. The van der Waals surface area contributed by atoms with Gasteiger partial charge in [0.2, 0.25) is 0 Å². The van der Waals surface area contributed by atoms with Crippen LogP contribution in [-0.2, 0) is 6.54 Å². The van der Waals surface area contributed by atoms with Gasteiger partial charge in [-0.05, 0) is 12.1 Å². The van der Waals surface area contributed by atoms with Gasteiger partial charge in [-0.3, -0.25) is 4.90 Å². The first-order chi connectivity index (χ1) is 6.79. The monoisotopic (exact) mass is 197 g/mol. The van der Waals surface area contributed by atoms with Crippen molar-refractivity contribution >= 4 is 0 Å². The molecule has 1 fully saturated rings. The minimum atomic E-state index is -0.407. The second-order valence-electron chi connectivity index (χ2n) is 3.78. The first-order valence-corrected chi connectivity index (χ1v) is 4.83. The Bertz CT molecular complexity index is 273. The highest BCUT2D eigenvalue weighted by Gasteiger charge is 2.30. The first kappa shape index (κ1) is 9.71. The van der Waals surface area contributed by atoms with E-state index in [2.05, 4.69) is 4.90 Å². The Morgan fingerprint density at radius 2 is 2.36 bits per heavy atom. The first-order valence-electron chi connectivity index (χ1n) is 4.83. The van der Waals surface area contributed by atoms with Crippen molar-refractivity contribution in [1.82, 2.24) is 4.90 Å². The third-order valence-electron chi connectivity index (χ3n) is 2.68. The molecule has 2 N–H and O–H groups in total. The largest absolute Gasteiger partial charge is 0.468 e. The summed E-state index contributed by atoms with van der Waals surface area (Å²) in [6.07, 6.45) is 1.24. The van der Waals surface area contributed by atoms with Gasteiger partial charge in [0.05, 0.1) is 18.9 Å². The van der Waals surface area contributed by atoms with E-state index in [1.165, 1.54) is 0 Å². The molecule has 0 saturated carbocycles. The van der Waals surface area contributed by atoms with E-state index < -0.39 is 6.10 Å². The molecule has 0 amide bonds. The highest BCUT2D eigenvalue weighted by atomic mass is 16.3. The van der Waals surface area contributed by atoms with Gasteiger partial charge in [0.1, 0.15) is 5.76 Å². The molecule has 4 nitrogen and oxygen atoms in total. The molecule has 1 aromatic rings. The molecule has 2 rings (SSSR count). The van der Waals surface area contributed by atoms with Gasteiger partial charge in [-0.15, -0.1) is 0 Å². The molecule has 2 unspecified atom stereocenters. The quantitative estimate of drug-likeness (QED) is 0.719. The Hall–Kier alpha value is -0.840. The Morgan fingerprint density at radius 1 is 1.50 bits per heavy atom. The third-order valence-corrected chi connectivity index (χ3v) is 2.68. The molecular formula is C10H15NO3. The lowest BCUT2D eigenvalue weighted by molar-refractivity contribution is 0.103. The predicted molar refractivity (Wildman–Crippen MR) is 50.6 cm³/mol. The highest BCUT2D eigenvalue weighted by molar-refractivity contribution is 4.99. The van der Waals surface area contributed by atoms with Gasteiger partial charge in [-0.1, -0.05) is 0 Å². The zero-order valence-electron chi connectivity index (χ0n) is 7.97. The van der Waals surface area contributed by atoms with E-state index in [4.69, 9.17) is 9.52 Å². The van der Waals surface area contributed by atoms with Crippen LogP contribution in [0.2, 0.25) is 0 Å². The van der Waals surface area contributed by atoms with Crippen molar-refractivity contribution in [2.75, 3.05) is 19.7 Å². The number of likely N-dealkylation sites (tertiary alicyclic amines) is 1. The van der Waals surface area contributed by atoms with Crippen LogP contribution in [0.5, 0.6) is 0 Å². The van der Waals surface area contributed by atoms with E-state index in [0.29, 0.717) is 13.1 Å². The van der Waals surface area contributed by atoms with Crippen LogP contribution in [0.3, 0.4) is 0 Å². The number of aliphatic hydroxyl groups excluding tert-OH is 2. The van der Waals surface area contributed by atoms with Crippen molar-refractivity contribution < 1.29 is 14.6 Å². The molecule has 0 aromatic carbocycles. The summed E-state index contributed by atoms with van der Waals surface area (Å²) in [7, 11) is 0. The number of rotatable bonds is 3. The summed E-state index contributed by atoms with van der Waals surface area (Å²) >= 11 is 0. The standard InChI is InChI=1S/C10H15NO3/c12-7-8-4-11(6-10(8)13)5-9-2-1-3-14-9/h1-3,8,10,12-13H,4-7H2. The van der Waals surface area contributed by atoms with Gasteiger partial charge in [0, 0.05) is 25.6 Å². The van der Waals surface area contributed by atoms with Gasteiger partial charge in [0.25, 0.3) is 0 Å².